The van der Waals surface area contributed by atoms with Crippen LogP contribution in [-0.4, -0.2) is 30.2 Å². The minimum Gasteiger partial charge on any atom is -0.336 e. The van der Waals surface area contributed by atoms with Crippen LogP contribution in [0.5, 0.6) is 0 Å². The second kappa shape index (κ2) is 5.96. The van der Waals surface area contributed by atoms with E-state index in [2.05, 4.69) is 0 Å². The summed E-state index contributed by atoms with van der Waals surface area (Å²) in [4.78, 5) is 11.7. The molecule has 1 aromatic carbocycles. The summed E-state index contributed by atoms with van der Waals surface area (Å²) in [6.07, 6.45) is -4.05. The minimum absolute atomic E-state index is 0.181. The van der Waals surface area contributed by atoms with Crippen molar-refractivity contribution in [2.75, 3.05) is 7.05 Å². The number of nitrogens with zero attached hydrogens (tertiary/aromatic N) is 1. The Bertz CT molecular complexity index is 482. The van der Waals surface area contributed by atoms with Gasteiger partial charge in [-0.1, -0.05) is 29.3 Å². The maximum Gasteiger partial charge on any atom is 0.383 e. The van der Waals surface area contributed by atoms with Crippen molar-refractivity contribution in [3.05, 3.63) is 33.8 Å². The summed E-state index contributed by atoms with van der Waals surface area (Å²) in [5.41, 5.74) is 0.398. The van der Waals surface area contributed by atoms with Crippen LogP contribution in [0, 0.1) is 0 Å². The fourth-order valence-electron chi connectivity index (χ4n) is 1.33. The molecule has 0 bridgehead atoms. The Kier molecular flexibility index (Phi) is 5.04. The van der Waals surface area contributed by atoms with Crippen molar-refractivity contribution >= 4 is 29.1 Å². The molecule has 0 saturated heterocycles. The fourth-order valence-corrected chi connectivity index (χ4v) is 1.65. The topological polar surface area (TPSA) is 20.3 Å². The first kappa shape index (κ1) is 16.0. The minimum atomic E-state index is -4.70. The smallest absolute Gasteiger partial charge is 0.336 e. The third-order valence-electron chi connectivity index (χ3n) is 2.31. The van der Waals surface area contributed by atoms with E-state index < -0.39 is 18.3 Å². The Balaban J connectivity index is 2.82. The van der Waals surface area contributed by atoms with Crippen molar-refractivity contribution < 1.29 is 22.4 Å². The number of benzene rings is 1. The van der Waals surface area contributed by atoms with E-state index in [1.807, 2.05) is 0 Å². The Labute approximate surface area is 116 Å². The lowest BCUT2D eigenvalue weighted by Crippen LogP contribution is -2.45. The molecule has 0 aliphatic rings. The van der Waals surface area contributed by atoms with E-state index >= 15 is 0 Å². The van der Waals surface area contributed by atoms with E-state index in [0.29, 0.717) is 10.5 Å². The van der Waals surface area contributed by atoms with Crippen molar-refractivity contribution in [1.29, 1.82) is 0 Å². The molecule has 0 spiro atoms. The van der Waals surface area contributed by atoms with E-state index in [0.717, 1.165) is 7.05 Å². The monoisotopic (exact) mass is 317 g/mol. The van der Waals surface area contributed by atoms with Crippen molar-refractivity contribution in [3.8, 4) is 0 Å². The van der Waals surface area contributed by atoms with Crippen molar-refractivity contribution in [1.82, 2.24) is 4.90 Å². The van der Waals surface area contributed by atoms with E-state index in [4.69, 9.17) is 23.2 Å². The standard InChI is InChI=1S/C11H9Cl2F4NO/c1-18(10(19)11(16,17)9(14)15)5-6-2-3-7(12)8(13)4-6/h2-4,9H,5H2,1H3. The van der Waals surface area contributed by atoms with Gasteiger partial charge in [0.1, 0.15) is 0 Å². The zero-order valence-corrected chi connectivity index (χ0v) is 11.2. The largest absolute Gasteiger partial charge is 0.383 e. The summed E-state index contributed by atoms with van der Waals surface area (Å²) in [7, 11) is 1.00. The molecule has 8 heteroatoms. The highest BCUT2D eigenvalue weighted by Gasteiger charge is 2.50. The van der Waals surface area contributed by atoms with Crippen LogP contribution in [-0.2, 0) is 11.3 Å². The van der Waals surface area contributed by atoms with Gasteiger partial charge in [-0.2, -0.15) is 8.78 Å². The van der Waals surface area contributed by atoms with Crippen LogP contribution in [0.1, 0.15) is 5.56 Å². The molecule has 2 nitrogen and oxygen atoms in total. The number of alkyl halides is 4. The average Bonchev–Trinajstić information content (AvgIpc) is 2.32. The summed E-state index contributed by atoms with van der Waals surface area (Å²) in [5, 5.41) is 0.443. The van der Waals surface area contributed by atoms with Gasteiger partial charge >= 0.3 is 12.3 Å². The van der Waals surface area contributed by atoms with Gasteiger partial charge in [0.05, 0.1) is 10.0 Å². The molecule has 0 N–H and O–H groups in total. The average molecular weight is 318 g/mol. The van der Waals surface area contributed by atoms with Gasteiger partial charge in [-0.3, -0.25) is 4.79 Å². The highest BCUT2D eigenvalue weighted by atomic mass is 35.5. The Morgan fingerprint density at radius 3 is 2.37 bits per heavy atom. The van der Waals surface area contributed by atoms with E-state index in [1.165, 1.54) is 18.2 Å². The molecule has 0 heterocycles. The molecule has 0 unspecified atom stereocenters. The number of amides is 1. The molecule has 0 radical (unpaired) electrons. The summed E-state index contributed by atoms with van der Waals surface area (Å²) in [6.45, 7) is -0.280. The molecule has 106 valence electrons. The Morgan fingerprint density at radius 2 is 1.89 bits per heavy atom. The van der Waals surface area contributed by atoms with Crippen LogP contribution < -0.4 is 0 Å². The highest BCUT2D eigenvalue weighted by molar-refractivity contribution is 6.42. The number of rotatable bonds is 4. The van der Waals surface area contributed by atoms with Gasteiger partial charge in [0.2, 0.25) is 0 Å². The molecule has 0 atom stereocenters. The van der Waals surface area contributed by atoms with Gasteiger partial charge in [-0.05, 0) is 17.7 Å². The normalized spacial score (nSPS) is 11.8. The zero-order valence-electron chi connectivity index (χ0n) is 9.64. The summed E-state index contributed by atoms with van der Waals surface area (Å²) in [5.74, 6) is -6.65. The maximum absolute atomic E-state index is 12.8. The van der Waals surface area contributed by atoms with Gasteiger partial charge in [0.25, 0.3) is 5.91 Å². The van der Waals surface area contributed by atoms with E-state index in [9.17, 15) is 22.4 Å². The third-order valence-corrected chi connectivity index (χ3v) is 3.05. The molecule has 1 rings (SSSR count). The lowest BCUT2D eigenvalue weighted by Gasteiger charge is -2.23. The molecule has 1 aromatic rings. The predicted molar refractivity (Wildman–Crippen MR) is 63.9 cm³/mol. The molecular formula is C11H9Cl2F4NO. The number of halogens is 6. The van der Waals surface area contributed by atoms with Gasteiger partial charge in [0.15, 0.2) is 0 Å². The number of carbonyl (C=O) groups is 1. The lowest BCUT2D eigenvalue weighted by atomic mass is 10.2. The Morgan fingerprint density at radius 1 is 1.32 bits per heavy atom. The number of hydrogen-bond acceptors (Lipinski definition) is 1. The first-order valence-corrected chi connectivity index (χ1v) is 5.77. The first-order valence-electron chi connectivity index (χ1n) is 5.01. The molecular weight excluding hydrogens is 309 g/mol. The quantitative estimate of drug-likeness (QED) is 0.772. The van der Waals surface area contributed by atoms with Crippen LogP contribution in [0.4, 0.5) is 17.6 Å². The lowest BCUT2D eigenvalue weighted by molar-refractivity contribution is -0.179. The molecule has 0 aromatic heterocycles. The predicted octanol–water partition coefficient (Wildman–Crippen LogP) is 3.85. The molecule has 19 heavy (non-hydrogen) atoms. The van der Waals surface area contributed by atoms with Gasteiger partial charge in [-0.15, -0.1) is 0 Å². The summed E-state index contributed by atoms with van der Waals surface area (Å²) < 4.78 is 49.8. The zero-order chi connectivity index (χ0) is 14.8. The van der Waals surface area contributed by atoms with Crippen LogP contribution >= 0.6 is 23.2 Å². The van der Waals surface area contributed by atoms with Crippen LogP contribution in [0.2, 0.25) is 10.0 Å². The SMILES string of the molecule is CN(Cc1ccc(Cl)c(Cl)c1)C(=O)C(F)(F)C(F)F. The number of hydrogen-bond donors (Lipinski definition) is 0. The molecule has 1 amide bonds. The van der Waals surface area contributed by atoms with Gasteiger partial charge in [0, 0.05) is 13.6 Å². The van der Waals surface area contributed by atoms with Gasteiger partial charge < -0.3 is 4.90 Å². The fraction of sp³-hybridized carbons (Fsp3) is 0.364. The van der Waals surface area contributed by atoms with E-state index in [-0.39, 0.29) is 16.6 Å². The number of carbonyl (C=O) groups excluding carboxylic acids is 1. The van der Waals surface area contributed by atoms with Crippen LogP contribution in [0.3, 0.4) is 0 Å². The molecule has 0 aliphatic heterocycles. The highest BCUT2D eigenvalue weighted by Crippen LogP contribution is 2.27. The molecule has 0 aliphatic carbocycles. The van der Waals surface area contributed by atoms with Crippen LogP contribution in [0.25, 0.3) is 0 Å². The van der Waals surface area contributed by atoms with Crippen molar-refractivity contribution in [2.45, 2.75) is 18.9 Å². The second-order valence-corrected chi connectivity index (χ2v) is 4.65. The second-order valence-electron chi connectivity index (χ2n) is 3.83. The Hall–Kier alpha value is -1.01. The van der Waals surface area contributed by atoms with Crippen molar-refractivity contribution in [3.63, 3.8) is 0 Å². The third kappa shape index (κ3) is 3.73. The first-order chi connectivity index (χ1) is 8.66. The van der Waals surface area contributed by atoms with Crippen LogP contribution in [0.15, 0.2) is 18.2 Å². The van der Waals surface area contributed by atoms with Gasteiger partial charge in [-0.25, -0.2) is 8.78 Å². The molecule has 0 fully saturated rings. The van der Waals surface area contributed by atoms with Crippen molar-refractivity contribution in [2.24, 2.45) is 0 Å². The summed E-state index contributed by atoms with van der Waals surface area (Å²) >= 11 is 11.4. The molecule has 0 saturated carbocycles. The van der Waals surface area contributed by atoms with E-state index in [1.54, 1.807) is 0 Å². The maximum atomic E-state index is 12.8. The summed E-state index contributed by atoms with van der Waals surface area (Å²) in [6, 6.07) is 4.25.